The molecule has 362 valence electrons. The van der Waals surface area contributed by atoms with E-state index in [0.29, 0.717) is 37.8 Å². The highest BCUT2D eigenvalue weighted by molar-refractivity contribution is 7.99. The summed E-state index contributed by atoms with van der Waals surface area (Å²) < 4.78 is 96.4. The minimum Gasteiger partial charge on any atom is -0.496 e. The zero-order chi connectivity index (χ0) is 49.2. The molecule has 0 saturated carbocycles. The topological polar surface area (TPSA) is 311 Å². The second-order valence-electron chi connectivity index (χ2n) is 13.9. The van der Waals surface area contributed by atoms with Gasteiger partial charge >= 0.3 is 12.4 Å². The summed E-state index contributed by atoms with van der Waals surface area (Å²) in [4.78, 5) is 53.9. The first-order chi connectivity index (χ1) is 31.1. The van der Waals surface area contributed by atoms with Crippen LogP contribution in [0.2, 0.25) is 0 Å². The number of methoxy groups -OCH3 is 2. The van der Waals surface area contributed by atoms with E-state index in [1.54, 1.807) is 0 Å². The zero-order valence-electron chi connectivity index (χ0n) is 35.8. The maximum Gasteiger partial charge on any atom is 0.416 e. The van der Waals surface area contributed by atoms with Crippen LogP contribution in [0.5, 0.6) is 11.5 Å². The molecule has 3 aromatic carbocycles. The van der Waals surface area contributed by atoms with Gasteiger partial charge in [-0.3, -0.25) is 30.0 Å². The molecule has 18 nitrogen and oxygen atoms in total. The largest absolute Gasteiger partial charge is 0.496 e. The van der Waals surface area contributed by atoms with Crippen LogP contribution in [0.4, 0.5) is 49.1 Å². The number of nitrogens with one attached hydrogen (secondary N) is 8. The van der Waals surface area contributed by atoms with Gasteiger partial charge < -0.3 is 64.3 Å². The molecular weight excluding hydrogens is 923 g/mol. The third-order valence-electron chi connectivity index (χ3n) is 8.91. The molecule has 3 rings (SSSR count). The number of hydrogen-bond acceptors (Lipinski definition) is 12. The normalized spacial score (nSPS) is 11.3. The van der Waals surface area contributed by atoms with E-state index in [-0.39, 0.29) is 118 Å². The third-order valence-corrected chi connectivity index (χ3v) is 11.2. The Morgan fingerprint density at radius 2 is 0.909 bits per heavy atom. The summed E-state index contributed by atoms with van der Waals surface area (Å²) in [5.41, 5.74) is 17.5. The fourth-order valence-corrected chi connectivity index (χ4v) is 7.62. The predicted molar refractivity (Wildman–Crippen MR) is 243 cm³/mol. The second kappa shape index (κ2) is 25.5. The number of thioether (sulfide) groups is 2. The summed E-state index contributed by atoms with van der Waals surface area (Å²) in [6, 6.07) is 4.87. The molecule has 0 heterocycles. The molecule has 0 aliphatic rings. The Morgan fingerprint density at radius 1 is 0.576 bits per heavy atom. The molecule has 66 heavy (non-hydrogen) atoms. The average molecular weight is 975 g/mol. The minimum atomic E-state index is -4.94. The third kappa shape index (κ3) is 16.7. The SMILES string of the molecule is COc1cc(C(=O)Nc2cc(C(F)(F)F)cc(NC(=O)CCCCNC(=N)N)c2SCCN)c(OC)cc1C(=O)Nc1cc(C(F)(F)F)cc(NC(=O)CCCCNC(=N)N)c1SCCN. The lowest BCUT2D eigenvalue weighted by Gasteiger charge is -2.21. The van der Waals surface area contributed by atoms with Crippen molar-refractivity contribution in [3.8, 4) is 11.5 Å². The van der Waals surface area contributed by atoms with Crippen LogP contribution in [0.3, 0.4) is 0 Å². The Kier molecular flexibility index (Phi) is 21.0. The van der Waals surface area contributed by atoms with Crippen molar-refractivity contribution in [1.29, 1.82) is 10.8 Å². The molecule has 4 amide bonds. The van der Waals surface area contributed by atoms with E-state index < -0.39 is 47.1 Å². The number of alkyl halides is 6. The number of rotatable bonds is 24. The molecule has 0 atom stereocenters. The Labute approximate surface area is 384 Å². The summed E-state index contributed by atoms with van der Waals surface area (Å²) in [5.74, 6) is -4.18. The van der Waals surface area contributed by atoms with Crippen molar-refractivity contribution in [2.45, 2.75) is 60.7 Å². The van der Waals surface area contributed by atoms with Crippen molar-refractivity contribution in [3.05, 3.63) is 58.7 Å². The van der Waals surface area contributed by atoms with Crippen LogP contribution in [-0.4, -0.2) is 87.5 Å². The summed E-state index contributed by atoms with van der Waals surface area (Å²) in [6.07, 6.45) is -8.64. The number of guanidine groups is 2. The molecule has 16 N–H and O–H groups in total. The van der Waals surface area contributed by atoms with Gasteiger partial charge in [0.1, 0.15) is 11.5 Å². The molecular formula is C40H52F6N12O6S2. The standard InChI is InChI=1S/C40H52F6N12O6S2/c1-63-29-19-24(36(62)58-28-18-22(40(44,45)46)16-26(34(28)66-14-10-48)56-32(60)8-4-6-12-54-38(51)52)30(64-2)20-23(29)35(61)57-27-17-21(39(41,42)43)15-25(33(27)65-13-9-47)55-31(59)7-3-5-11-53-37(49)50/h15-20H,3-14,47-48H2,1-2H3,(H,55,59)(H,56,60)(H,57,61)(H,58,62)(H4,49,50,53)(H4,51,52,54). The molecule has 26 heteroatoms. The molecule has 0 saturated heterocycles. The number of carbonyl (C=O) groups excluding carboxylic acids is 4. The Bertz CT molecular complexity index is 2080. The Hall–Kier alpha value is -6.12. The molecule has 0 aliphatic heterocycles. The van der Waals surface area contributed by atoms with E-state index >= 15 is 0 Å². The molecule has 3 aromatic rings. The molecule has 0 aliphatic carbocycles. The van der Waals surface area contributed by atoms with Gasteiger partial charge in [-0.05, 0) is 62.1 Å². The van der Waals surface area contributed by atoms with E-state index in [1.807, 2.05) is 0 Å². The number of ether oxygens (including phenoxy) is 2. The van der Waals surface area contributed by atoms with Gasteiger partial charge in [-0.1, -0.05) is 0 Å². The van der Waals surface area contributed by atoms with Crippen LogP contribution < -0.4 is 64.3 Å². The smallest absolute Gasteiger partial charge is 0.416 e. The van der Waals surface area contributed by atoms with E-state index in [2.05, 4.69) is 31.9 Å². The predicted octanol–water partition coefficient (Wildman–Crippen LogP) is 5.53. The maximum absolute atomic E-state index is 14.3. The van der Waals surface area contributed by atoms with Gasteiger partial charge in [0.25, 0.3) is 11.8 Å². The van der Waals surface area contributed by atoms with Crippen LogP contribution in [0.25, 0.3) is 0 Å². The summed E-state index contributed by atoms with van der Waals surface area (Å²) in [5, 5.41) is 29.5. The van der Waals surface area contributed by atoms with Gasteiger partial charge in [-0.15, -0.1) is 23.5 Å². The first-order valence-corrected chi connectivity index (χ1v) is 21.9. The molecule has 0 fully saturated rings. The van der Waals surface area contributed by atoms with Crippen LogP contribution in [0, 0.1) is 10.8 Å². The summed E-state index contributed by atoms with van der Waals surface area (Å²) in [7, 11) is 2.25. The van der Waals surface area contributed by atoms with Crippen molar-refractivity contribution < 1.29 is 55.0 Å². The van der Waals surface area contributed by atoms with Crippen LogP contribution >= 0.6 is 23.5 Å². The second-order valence-corrected chi connectivity index (χ2v) is 16.1. The quantitative estimate of drug-likeness (QED) is 0.0173. The highest BCUT2D eigenvalue weighted by Gasteiger charge is 2.35. The van der Waals surface area contributed by atoms with Crippen LogP contribution in [-0.2, 0) is 21.9 Å². The number of hydrogen-bond donors (Lipinski definition) is 12. The molecule has 0 radical (unpaired) electrons. The fourth-order valence-electron chi connectivity index (χ4n) is 5.91. The number of amides is 4. The van der Waals surface area contributed by atoms with E-state index in [0.717, 1.165) is 62.0 Å². The number of nitrogens with two attached hydrogens (primary N) is 4. The van der Waals surface area contributed by atoms with Gasteiger partial charge in [-0.25, -0.2) is 0 Å². The van der Waals surface area contributed by atoms with Gasteiger partial charge in [0.05, 0.1) is 69.0 Å². The van der Waals surface area contributed by atoms with Gasteiger partial charge in [-0.2, -0.15) is 26.3 Å². The minimum absolute atomic E-state index is 0.0391. The highest BCUT2D eigenvalue weighted by atomic mass is 32.2. The van der Waals surface area contributed by atoms with Gasteiger partial charge in [0.2, 0.25) is 11.8 Å². The first-order valence-electron chi connectivity index (χ1n) is 19.9. The van der Waals surface area contributed by atoms with Crippen LogP contribution in [0.15, 0.2) is 46.2 Å². The first kappa shape index (κ1) is 54.2. The van der Waals surface area contributed by atoms with Crippen molar-refractivity contribution in [1.82, 2.24) is 10.6 Å². The van der Waals surface area contributed by atoms with Gasteiger partial charge in [0, 0.05) is 50.5 Å². The Morgan fingerprint density at radius 3 is 1.20 bits per heavy atom. The number of benzene rings is 3. The fraction of sp³-hybridized carbons (Fsp3) is 0.400. The Balaban J connectivity index is 2.04. The maximum atomic E-state index is 14.3. The molecule has 0 unspecified atom stereocenters. The van der Waals surface area contributed by atoms with Gasteiger partial charge in [0.15, 0.2) is 11.9 Å². The number of anilines is 4. The zero-order valence-corrected chi connectivity index (χ0v) is 37.4. The monoisotopic (exact) mass is 974 g/mol. The number of unbranched alkanes of at least 4 members (excludes halogenated alkanes) is 2. The lowest BCUT2D eigenvalue weighted by molar-refractivity contribution is -0.138. The lowest BCUT2D eigenvalue weighted by Crippen LogP contribution is -2.31. The lowest BCUT2D eigenvalue weighted by atomic mass is 10.1. The number of halogens is 6. The number of carbonyl (C=O) groups is 4. The van der Waals surface area contributed by atoms with E-state index in [4.69, 9.17) is 43.2 Å². The molecule has 0 spiro atoms. The molecule has 0 bridgehead atoms. The highest BCUT2D eigenvalue weighted by Crippen LogP contribution is 2.43. The average Bonchev–Trinajstić information content (AvgIpc) is 3.23. The summed E-state index contributed by atoms with van der Waals surface area (Å²) >= 11 is 1.92. The molecule has 0 aromatic heterocycles. The van der Waals surface area contributed by atoms with Crippen molar-refractivity contribution in [2.24, 2.45) is 22.9 Å². The van der Waals surface area contributed by atoms with Crippen LogP contribution in [0.1, 0.15) is 70.4 Å². The van der Waals surface area contributed by atoms with E-state index in [1.165, 1.54) is 0 Å². The van der Waals surface area contributed by atoms with Crippen molar-refractivity contribution in [2.75, 3.05) is 73.2 Å². The van der Waals surface area contributed by atoms with Crippen molar-refractivity contribution >= 4 is 81.8 Å². The summed E-state index contributed by atoms with van der Waals surface area (Å²) in [6.45, 7) is 0.710. The van der Waals surface area contributed by atoms with Crippen molar-refractivity contribution in [3.63, 3.8) is 0 Å². The van der Waals surface area contributed by atoms with E-state index in [9.17, 15) is 45.5 Å².